The summed E-state index contributed by atoms with van der Waals surface area (Å²) in [4.78, 5) is 53.2. The van der Waals surface area contributed by atoms with Crippen molar-refractivity contribution in [2.24, 2.45) is 0 Å². The van der Waals surface area contributed by atoms with Gasteiger partial charge in [-0.05, 0) is 68.2 Å². The second-order valence-corrected chi connectivity index (χ2v) is 16.1. The molecule has 2 amide bonds. The Labute approximate surface area is 329 Å². The fourth-order valence-corrected chi connectivity index (χ4v) is 8.45. The summed E-state index contributed by atoms with van der Waals surface area (Å²) in [5.41, 5.74) is 2.32. The molecule has 296 valence electrons. The minimum absolute atomic E-state index is 0.0482. The minimum Gasteiger partial charge on any atom is -0.403 e. The fourth-order valence-electron chi connectivity index (χ4n) is 7.75. The van der Waals surface area contributed by atoms with Gasteiger partial charge in [0.15, 0.2) is 0 Å². The molecule has 1 atom stereocenters. The lowest BCUT2D eigenvalue weighted by atomic mass is 10.0. The van der Waals surface area contributed by atoms with Crippen molar-refractivity contribution < 1.29 is 18.0 Å². The number of carbonyl (C=O) groups excluding carboxylic acids is 1. The molecule has 2 saturated heterocycles. The van der Waals surface area contributed by atoms with E-state index in [1.54, 1.807) is 24.4 Å². The number of amides is 2. The number of hydrogen-bond acceptors (Lipinski definition) is 11. The molecule has 3 aliphatic rings. The van der Waals surface area contributed by atoms with E-state index >= 15 is 8.78 Å². The third-order valence-electron chi connectivity index (χ3n) is 11.2. The molecule has 2 aliphatic heterocycles. The summed E-state index contributed by atoms with van der Waals surface area (Å²) < 4.78 is 38.9. The molecule has 0 bridgehead atoms. The van der Waals surface area contributed by atoms with Crippen LogP contribution in [0, 0.1) is 5.82 Å². The van der Waals surface area contributed by atoms with Crippen LogP contribution in [-0.4, -0.2) is 102 Å². The quantitative estimate of drug-likeness (QED) is 0.163. The number of aromatic amines is 1. The van der Waals surface area contributed by atoms with Gasteiger partial charge in [-0.2, -0.15) is 0 Å². The lowest BCUT2D eigenvalue weighted by Gasteiger charge is -2.35. The zero-order valence-electron chi connectivity index (χ0n) is 31.6. The number of halogens is 2. The van der Waals surface area contributed by atoms with Crippen LogP contribution in [0.3, 0.4) is 0 Å². The largest absolute Gasteiger partial charge is 0.403 e. The second kappa shape index (κ2) is 15.0. The van der Waals surface area contributed by atoms with Crippen molar-refractivity contribution in [1.29, 1.82) is 0 Å². The molecular formula is C40H42F2N10O4S. The Morgan fingerprint density at radius 1 is 0.930 bits per heavy atom. The van der Waals surface area contributed by atoms with Gasteiger partial charge in [-0.25, -0.2) is 13.6 Å². The van der Waals surface area contributed by atoms with Crippen molar-refractivity contribution >= 4 is 62.3 Å². The molecule has 17 heteroatoms. The molecule has 1 saturated carbocycles. The number of nitrogens with one attached hydrogen (secondary N) is 3. The van der Waals surface area contributed by atoms with Crippen LogP contribution >= 0.6 is 11.3 Å². The van der Waals surface area contributed by atoms with E-state index in [2.05, 4.69) is 47.6 Å². The molecule has 0 spiro atoms. The number of alkyl halides is 1. The summed E-state index contributed by atoms with van der Waals surface area (Å²) in [6, 6.07) is 9.22. The van der Waals surface area contributed by atoms with Crippen molar-refractivity contribution in [2.75, 3.05) is 86.9 Å². The molecule has 3 fully saturated rings. The Hall–Kier alpha value is -5.65. The van der Waals surface area contributed by atoms with Gasteiger partial charge in [-0.1, -0.05) is 11.2 Å². The highest BCUT2D eigenvalue weighted by atomic mass is 32.1. The number of urea groups is 1. The number of anilines is 4. The van der Waals surface area contributed by atoms with E-state index in [4.69, 9.17) is 4.42 Å². The van der Waals surface area contributed by atoms with Crippen molar-refractivity contribution in [3.63, 3.8) is 0 Å². The smallest absolute Gasteiger partial charge is 0.327 e. The highest BCUT2D eigenvalue weighted by Crippen LogP contribution is 2.39. The second-order valence-electron chi connectivity index (χ2n) is 15.1. The fraction of sp³-hybridized carbons (Fsp3) is 0.375. The van der Waals surface area contributed by atoms with Gasteiger partial charge in [-0.15, -0.1) is 16.4 Å². The number of thiophene rings is 1. The molecule has 9 rings (SSSR count). The Bertz CT molecular complexity index is 2590. The van der Waals surface area contributed by atoms with Gasteiger partial charge in [0.2, 0.25) is 10.9 Å². The lowest BCUT2D eigenvalue weighted by molar-refractivity contribution is 0.261. The zero-order valence-corrected chi connectivity index (χ0v) is 32.4. The van der Waals surface area contributed by atoms with Gasteiger partial charge in [0.05, 0.1) is 16.7 Å². The Morgan fingerprint density at radius 3 is 2.33 bits per heavy atom. The molecule has 6 heterocycles. The number of nitrogens with zero attached hydrogens (tertiary/aromatic N) is 7. The first-order valence-corrected chi connectivity index (χ1v) is 20.0. The maximum atomic E-state index is 15.6. The van der Waals surface area contributed by atoms with Crippen LogP contribution in [0.5, 0.6) is 0 Å². The number of likely N-dealkylation sites (N-methyl/N-ethyl adjacent to an activating group) is 2. The first-order chi connectivity index (χ1) is 27.6. The molecular weight excluding hydrogens is 755 g/mol. The summed E-state index contributed by atoms with van der Waals surface area (Å²) >= 11 is 1.35. The van der Waals surface area contributed by atoms with Crippen LogP contribution in [0.2, 0.25) is 0 Å². The molecule has 1 unspecified atom stereocenters. The van der Waals surface area contributed by atoms with Gasteiger partial charge in [0, 0.05) is 98.6 Å². The summed E-state index contributed by atoms with van der Waals surface area (Å²) in [6.45, 7) is 6.23. The van der Waals surface area contributed by atoms with Gasteiger partial charge in [-0.3, -0.25) is 14.9 Å². The topological polar surface area (TPSA) is 148 Å². The van der Waals surface area contributed by atoms with E-state index in [-0.39, 0.29) is 41.0 Å². The number of piperazine rings is 2. The van der Waals surface area contributed by atoms with E-state index in [1.165, 1.54) is 23.6 Å². The Kier molecular flexibility index (Phi) is 9.74. The number of carbonyl (C=O) groups is 1. The molecule has 0 radical (unpaired) electrons. The van der Waals surface area contributed by atoms with Crippen LogP contribution in [0.4, 0.5) is 36.7 Å². The van der Waals surface area contributed by atoms with Crippen molar-refractivity contribution in [2.45, 2.75) is 31.5 Å². The number of aromatic nitrogens is 4. The first-order valence-electron chi connectivity index (χ1n) is 19.1. The van der Waals surface area contributed by atoms with Gasteiger partial charge in [0.25, 0.3) is 5.89 Å². The maximum Gasteiger partial charge on any atom is 0.327 e. The van der Waals surface area contributed by atoms with E-state index in [0.29, 0.717) is 45.6 Å². The predicted molar refractivity (Wildman–Crippen MR) is 218 cm³/mol. The average molecular weight is 797 g/mol. The number of fused-ring (bicyclic) bond motifs is 2. The standard InChI is InChI=1S/C40H42F2N10O4S/c1-48-7-11-50(12-8-48)32-19-30-25(16-23(32)17-29(42)35-4-3-15-57-35)37(54)31(21-43-30)44-39(55)45-40-47-46-38(56-40)27-22-52(24-5-6-24)33-20-34(28(41)18-26(33)36(27)53)51-13-9-49(2)10-14-51/h3-4,15-16,18-22,24,29H,5-14,17H2,1-2H3,(H,43,54)(H2,44,45,47,55). The highest BCUT2D eigenvalue weighted by molar-refractivity contribution is 7.10. The monoisotopic (exact) mass is 796 g/mol. The Morgan fingerprint density at radius 2 is 1.65 bits per heavy atom. The van der Waals surface area contributed by atoms with Crippen LogP contribution in [0.15, 0.2) is 68.2 Å². The molecule has 14 nitrogen and oxygen atoms in total. The van der Waals surface area contributed by atoms with Crippen LogP contribution in [0.1, 0.15) is 35.5 Å². The van der Waals surface area contributed by atoms with Crippen LogP contribution in [0.25, 0.3) is 33.3 Å². The van der Waals surface area contributed by atoms with Crippen molar-refractivity contribution in [1.82, 2.24) is 29.5 Å². The number of pyridine rings is 2. The molecule has 3 N–H and O–H groups in total. The van der Waals surface area contributed by atoms with Crippen molar-refractivity contribution in [3.8, 4) is 11.5 Å². The third kappa shape index (κ3) is 7.37. The number of benzene rings is 2. The van der Waals surface area contributed by atoms with E-state index in [0.717, 1.165) is 57.8 Å². The number of hydrogen-bond donors (Lipinski definition) is 3. The lowest BCUT2D eigenvalue weighted by Crippen LogP contribution is -2.44. The summed E-state index contributed by atoms with van der Waals surface area (Å²) in [5.74, 6) is -0.621. The summed E-state index contributed by atoms with van der Waals surface area (Å²) in [5, 5.41) is 15.3. The van der Waals surface area contributed by atoms with Gasteiger partial charge < -0.3 is 38.9 Å². The minimum atomic E-state index is -1.24. The van der Waals surface area contributed by atoms with E-state index in [9.17, 15) is 14.4 Å². The maximum absolute atomic E-state index is 15.6. The van der Waals surface area contributed by atoms with E-state index < -0.39 is 28.9 Å². The summed E-state index contributed by atoms with van der Waals surface area (Å²) in [7, 11) is 4.10. The zero-order chi connectivity index (χ0) is 39.4. The SMILES string of the molecule is CN1CCN(c2cc3c(cc2F)c(=O)c(-c2nnc(NC(=O)Nc4c[nH]c5cc(N6CCN(C)CC6)c(CC(F)c6cccs6)cc5c4=O)o2)cn3C2CC2)CC1. The van der Waals surface area contributed by atoms with E-state index in [1.807, 2.05) is 34.0 Å². The average Bonchev–Trinajstić information content (AvgIpc) is 3.68. The molecule has 4 aromatic heterocycles. The Balaban J connectivity index is 0.962. The van der Waals surface area contributed by atoms with Gasteiger partial charge >= 0.3 is 12.0 Å². The van der Waals surface area contributed by atoms with Crippen LogP contribution in [-0.2, 0) is 6.42 Å². The molecule has 2 aromatic carbocycles. The first kappa shape index (κ1) is 37.0. The predicted octanol–water partition coefficient (Wildman–Crippen LogP) is 5.83. The van der Waals surface area contributed by atoms with Crippen molar-refractivity contribution in [3.05, 3.63) is 90.9 Å². The molecule has 1 aliphatic carbocycles. The van der Waals surface area contributed by atoms with Gasteiger partial charge in [0.1, 0.15) is 23.2 Å². The molecule has 6 aromatic rings. The molecule has 57 heavy (non-hydrogen) atoms. The third-order valence-corrected chi connectivity index (χ3v) is 12.1. The normalized spacial score (nSPS) is 17.4. The summed E-state index contributed by atoms with van der Waals surface area (Å²) in [6.07, 6.45) is 3.73. The number of rotatable bonds is 9. The van der Waals surface area contributed by atoms with Crippen LogP contribution < -0.4 is 31.3 Å². The highest BCUT2D eigenvalue weighted by Gasteiger charge is 2.29. The number of H-pyrrole nitrogens is 1.